The number of halogens is 1. The van der Waals surface area contributed by atoms with E-state index in [0.29, 0.717) is 17.2 Å². The first-order valence-electron chi connectivity index (χ1n) is 5.00. The van der Waals surface area contributed by atoms with Crippen LogP contribution in [-0.4, -0.2) is 24.0 Å². The van der Waals surface area contributed by atoms with Crippen LogP contribution in [0.3, 0.4) is 0 Å². The molecule has 0 fully saturated rings. The van der Waals surface area contributed by atoms with Crippen molar-refractivity contribution in [2.45, 2.75) is 18.4 Å². The van der Waals surface area contributed by atoms with Gasteiger partial charge in [0.2, 0.25) is 0 Å². The summed E-state index contributed by atoms with van der Waals surface area (Å²) >= 11 is 1.33. The molecule has 0 aliphatic rings. The molecule has 2 nitrogen and oxygen atoms in total. The average molecular weight is 229 g/mol. The topological polar surface area (TPSA) is 32.3 Å². The summed E-state index contributed by atoms with van der Waals surface area (Å²) in [7, 11) is 0. The summed E-state index contributed by atoms with van der Waals surface area (Å²) < 4.78 is 13.5. The number of aliphatic hydroxyl groups excluding tert-OH is 1. The van der Waals surface area contributed by atoms with Gasteiger partial charge in [0, 0.05) is 17.2 Å². The Balaban J connectivity index is 2.61. The lowest BCUT2D eigenvalue weighted by Gasteiger charge is -2.05. The van der Waals surface area contributed by atoms with E-state index in [-0.39, 0.29) is 12.4 Å². The van der Waals surface area contributed by atoms with Gasteiger partial charge >= 0.3 is 0 Å². The van der Waals surface area contributed by atoms with Crippen molar-refractivity contribution in [1.82, 2.24) is 5.32 Å². The Labute approximate surface area is 93.9 Å². The number of aliphatic hydroxyl groups is 1. The third-order valence-electron chi connectivity index (χ3n) is 1.92. The Bertz CT molecular complexity index is 307. The molecule has 0 saturated heterocycles. The van der Waals surface area contributed by atoms with Gasteiger partial charge in [-0.25, -0.2) is 4.39 Å². The van der Waals surface area contributed by atoms with Crippen LogP contribution >= 0.6 is 11.8 Å². The lowest BCUT2D eigenvalue weighted by molar-refractivity contribution is 0.322. The van der Waals surface area contributed by atoms with E-state index in [1.807, 2.05) is 13.0 Å². The average Bonchev–Trinajstić information content (AvgIpc) is 2.25. The van der Waals surface area contributed by atoms with Gasteiger partial charge in [-0.3, -0.25) is 0 Å². The molecule has 1 rings (SSSR count). The molecule has 0 aliphatic carbocycles. The van der Waals surface area contributed by atoms with Crippen molar-refractivity contribution in [1.29, 1.82) is 0 Å². The molecule has 0 spiro atoms. The molecule has 0 heterocycles. The van der Waals surface area contributed by atoms with E-state index in [9.17, 15) is 4.39 Å². The van der Waals surface area contributed by atoms with Gasteiger partial charge in [-0.2, -0.15) is 0 Å². The molecule has 84 valence electrons. The Morgan fingerprint density at radius 1 is 1.47 bits per heavy atom. The fourth-order valence-corrected chi connectivity index (χ4v) is 1.87. The molecule has 0 unspecified atom stereocenters. The maximum atomic E-state index is 13.5. The van der Waals surface area contributed by atoms with Crippen LogP contribution in [0.15, 0.2) is 23.1 Å². The van der Waals surface area contributed by atoms with Crippen LogP contribution in [-0.2, 0) is 6.54 Å². The summed E-state index contributed by atoms with van der Waals surface area (Å²) in [5.41, 5.74) is 0.947. The monoisotopic (exact) mass is 229 g/mol. The minimum absolute atomic E-state index is 0.0727. The first-order valence-corrected chi connectivity index (χ1v) is 5.99. The van der Waals surface area contributed by atoms with Crippen molar-refractivity contribution >= 4 is 11.8 Å². The van der Waals surface area contributed by atoms with Gasteiger partial charge in [0.25, 0.3) is 0 Å². The van der Waals surface area contributed by atoms with Crippen LogP contribution in [0.2, 0.25) is 0 Å². The Morgan fingerprint density at radius 2 is 2.27 bits per heavy atom. The van der Waals surface area contributed by atoms with Crippen LogP contribution in [0.5, 0.6) is 0 Å². The highest BCUT2D eigenvalue weighted by Gasteiger charge is 2.03. The van der Waals surface area contributed by atoms with Gasteiger partial charge < -0.3 is 10.4 Å². The van der Waals surface area contributed by atoms with Crippen LogP contribution in [0, 0.1) is 5.82 Å². The molecule has 0 aromatic heterocycles. The highest BCUT2D eigenvalue weighted by Crippen LogP contribution is 2.22. The zero-order valence-electron chi connectivity index (χ0n) is 8.79. The van der Waals surface area contributed by atoms with Gasteiger partial charge in [0.05, 0.1) is 6.61 Å². The fraction of sp³-hybridized carbons (Fsp3) is 0.455. The number of hydrogen-bond donors (Lipinski definition) is 2. The second-order valence-electron chi connectivity index (χ2n) is 3.12. The third kappa shape index (κ3) is 4.20. The Kier molecular flexibility index (Phi) is 5.68. The van der Waals surface area contributed by atoms with Crippen LogP contribution < -0.4 is 5.32 Å². The first kappa shape index (κ1) is 12.5. The predicted molar refractivity (Wildman–Crippen MR) is 61.6 cm³/mol. The largest absolute Gasteiger partial charge is 0.396 e. The second kappa shape index (κ2) is 6.82. The second-order valence-corrected chi connectivity index (χ2v) is 4.25. The molecule has 0 amide bonds. The van der Waals surface area contributed by atoms with E-state index in [1.54, 1.807) is 12.1 Å². The molecule has 0 aliphatic heterocycles. The maximum Gasteiger partial charge on any atom is 0.137 e. The SMILES string of the molecule is CCNCc1ccc(SCCO)c(F)c1. The van der Waals surface area contributed by atoms with Gasteiger partial charge in [-0.05, 0) is 24.2 Å². The third-order valence-corrected chi connectivity index (χ3v) is 2.95. The van der Waals surface area contributed by atoms with Crippen molar-refractivity contribution < 1.29 is 9.50 Å². The molecule has 2 N–H and O–H groups in total. The molecule has 0 bridgehead atoms. The summed E-state index contributed by atoms with van der Waals surface area (Å²) in [6.45, 7) is 3.66. The molecule has 0 radical (unpaired) electrons. The van der Waals surface area contributed by atoms with Crippen molar-refractivity contribution in [3.63, 3.8) is 0 Å². The summed E-state index contributed by atoms with van der Waals surface area (Å²) in [5.74, 6) is 0.326. The van der Waals surface area contributed by atoms with Gasteiger partial charge in [-0.15, -0.1) is 11.8 Å². The lowest BCUT2D eigenvalue weighted by atomic mass is 10.2. The highest BCUT2D eigenvalue weighted by atomic mass is 32.2. The highest BCUT2D eigenvalue weighted by molar-refractivity contribution is 7.99. The van der Waals surface area contributed by atoms with E-state index < -0.39 is 0 Å². The normalized spacial score (nSPS) is 10.6. The van der Waals surface area contributed by atoms with Crippen molar-refractivity contribution in [2.75, 3.05) is 18.9 Å². The fourth-order valence-electron chi connectivity index (χ4n) is 1.20. The van der Waals surface area contributed by atoms with Crippen LogP contribution in [0.1, 0.15) is 12.5 Å². The van der Waals surface area contributed by atoms with E-state index in [2.05, 4.69) is 5.32 Å². The van der Waals surface area contributed by atoms with Crippen molar-refractivity contribution in [2.24, 2.45) is 0 Å². The zero-order chi connectivity index (χ0) is 11.1. The Hall–Kier alpha value is -0.580. The minimum Gasteiger partial charge on any atom is -0.396 e. The number of thioether (sulfide) groups is 1. The van der Waals surface area contributed by atoms with E-state index in [4.69, 9.17) is 5.11 Å². The molecular weight excluding hydrogens is 213 g/mol. The number of rotatable bonds is 6. The first-order chi connectivity index (χ1) is 7.27. The Morgan fingerprint density at radius 3 is 2.87 bits per heavy atom. The molecule has 15 heavy (non-hydrogen) atoms. The zero-order valence-corrected chi connectivity index (χ0v) is 9.61. The van der Waals surface area contributed by atoms with Crippen LogP contribution in [0.25, 0.3) is 0 Å². The van der Waals surface area contributed by atoms with Crippen molar-refractivity contribution in [3.05, 3.63) is 29.6 Å². The summed E-state index contributed by atoms with van der Waals surface area (Å²) in [6, 6.07) is 5.22. The van der Waals surface area contributed by atoms with E-state index >= 15 is 0 Å². The molecule has 1 aromatic rings. The van der Waals surface area contributed by atoms with Gasteiger partial charge in [0.1, 0.15) is 5.82 Å². The van der Waals surface area contributed by atoms with Gasteiger partial charge in [-0.1, -0.05) is 13.0 Å². The summed E-state index contributed by atoms with van der Waals surface area (Å²) in [5, 5.41) is 11.8. The maximum absolute atomic E-state index is 13.5. The van der Waals surface area contributed by atoms with E-state index in [1.165, 1.54) is 11.8 Å². The minimum atomic E-state index is -0.205. The predicted octanol–water partition coefficient (Wildman–Crippen LogP) is 2.02. The summed E-state index contributed by atoms with van der Waals surface area (Å²) in [4.78, 5) is 0.601. The molecule has 1 aromatic carbocycles. The standard InChI is InChI=1S/C11H16FNOS/c1-2-13-8-9-3-4-11(10(12)7-9)15-6-5-14/h3-4,7,13-14H,2,5-6,8H2,1H3. The quantitative estimate of drug-likeness (QED) is 0.732. The van der Waals surface area contributed by atoms with Crippen LogP contribution in [0.4, 0.5) is 4.39 Å². The van der Waals surface area contributed by atoms with Gasteiger partial charge in [0.15, 0.2) is 0 Å². The van der Waals surface area contributed by atoms with E-state index in [0.717, 1.165) is 12.1 Å². The summed E-state index contributed by atoms with van der Waals surface area (Å²) in [6.07, 6.45) is 0. The van der Waals surface area contributed by atoms with Crippen molar-refractivity contribution in [3.8, 4) is 0 Å². The number of hydrogen-bond acceptors (Lipinski definition) is 3. The molecular formula is C11H16FNOS. The number of nitrogens with one attached hydrogen (secondary N) is 1. The molecule has 0 saturated carbocycles. The number of benzene rings is 1. The molecule has 4 heteroatoms. The molecule has 0 atom stereocenters. The smallest absolute Gasteiger partial charge is 0.137 e. The lowest BCUT2D eigenvalue weighted by Crippen LogP contribution is -2.11.